The summed E-state index contributed by atoms with van der Waals surface area (Å²) >= 11 is 3.26. The summed E-state index contributed by atoms with van der Waals surface area (Å²) in [7, 11) is 0. The highest BCUT2D eigenvalue weighted by Gasteiger charge is 2.24. The Hall–Kier alpha value is -2.12. The van der Waals surface area contributed by atoms with Gasteiger partial charge in [-0.05, 0) is 50.8 Å². The van der Waals surface area contributed by atoms with Crippen LogP contribution in [0.25, 0.3) is 10.2 Å². The molecule has 5 nitrogen and oxygen atoms in total. The minimum Gasteiger partial charge on any atom is -0.492 e. The molecule has 3 aromatic rings. The number of para-hydroxylation sites is 2. The normalized spacial score (nSPS) is 14.1. The van der Waals surface area contributed by atoms with Crippen molar-refractivity contribution in [2.24, 2.45) is 0 Å². The molecule has 0 saturated carbocycles. The maximum Gasteiger partial charge on any atom is 0.237 e. The fourth-order valence-electron chi connectivity index (χ4n) is 3.30. The second kappa shape index (κ2) is 7.86. The third kappa shape index (κ3) is 3.66. The number of fused-ring (bicyclic) bond motifs is 3. The predicted octanol–water partition coefficient (Wildman–Crippen LogP) is 4.70. The summed E-state index contributed by atoms with van der Waals surface area (Å²) in [5.74, 6) is 0.622. The van der Waals surface area contributed by atoms with E-state index < -0.39 is 0 Å². The Kier molecular flexibility index (Phi) is 5.31. The first-order valence-corrected chi connectivity index (χ1v) is 10.8. The number of anilines is 1. The number of nitrogens with zero attached hydrogens (tertiary/aromatic N) is 2. The lowest BCUT2D eigenvalue weighted by atomic mass is 10.2. The molecule has 1 N–H and O–H groups in total. The summed E-state index contributed by atoms with van der Waals surface area (Å²) in [4.78, 5) is 24.1. The maximum absolute atomic E-state index is 12.8. The lowest BCUT2D eigenvalue weighted by molar-refractivity contribution is -0.115. The van der Waals surface area contributed by atoms with E-state index in [-0.39, 0.29) is 11.2 Å². The van der Waals surface area contributed by atoms with Crippen molar-refractivity contribution >= 4 is 44.9 Å². The largest absolute Gasteiger partial charge is 0.492 e. The predicted molar refractivity (Wildman–Crippen MR) is 111 cm³/mol. The van der Waals surface area contributed by atoms with Gasteiger partial charge in [0, 0.05) is 10.3 Å². The molecular weight excluding hydrogens is 378 g/mol. The number of carbonyl (C=O) groups is 1. The van der Waals surface area contributed by atoms with E-state index in [1.54, 1.807) is 17.7 Å². The summed E-state index contributed by atoms with van der Waals surface area (Å²) < 4.78 is 5.59. The second-order valence-corrected chi connectivity index (χ2v) is 8.81. The van der Waals surface area contributed by atoms with Crippen LogP contribution in [0.5, 0.6) is 5.75 Å². The Morgan fingerprint density at radius 1 is 1.33 bits per heavy atom. The summed E-state index contributed by atoms with van der Waals surface area (Å²) in [5.41, 5.74) is 2.08. The van der Waals surface area contributed by atoms with Crippen molar-refractivity contribution in [2.45, 2.75) is 43.4 Å². The molecule has 7 heteroatoms. The van der Waals surface area contributed by atoms with Crippen molar-refractivity contribution in [1.82, 2.24) is 9.97 Å². The summed E-state index contributed by atoms with van der Waals surface area (Å²) in [6, 6.07) is 7.50. The average Bonchev–Trinajstić information content (AvgIpc) is 3.24. The van der Waals surface area contributed by atoms with Crippen LogP contribution in [0.3, 0.4) is 0 Å². The van der Waals surface area contributed by atoms with Crippen molar-refractivity contribution in [3.63, 3.8) is 0 Å². The van der Waals surface area contributed by atoms with Crippen molar-refractivity contribution in [3.8, 4) is 5.75 Å². The van der Waals surface area contributed by atoms with Gasteiger partial charge in [0.1, 0.15) is 21.9 Å². The van der Waals surface area contributed by atoms with Gasteiger partial charge in [0.25, 0.3) is 0 Å². The van der Waals surface area contributed by atoms with Gasteiger partial charge in [-0.3, -0.25) is 4.79 Å². The van der Waals surface area contributed by atoms with Crippen LogP contribution in [0.2, 0.25) is 0 Å². The molecule has 1 atom stereocenters. The summed E-state index contributed by atoms with van der Waals surface area (Å²) in [5, 5.41) is 4.75. The lowest BCUT2D eigenvalue weighted by Crippen LogP contribution is -2.23. The molecule has 1 aliphatic carbocycles. The summed E-state index contributed by atoms with van der Waals surface area (Å²) in [6.07, 6.45) is 5.01. The van der Waals surface area contributed by atoms with Gasteiger partial charge < -0.3 is 10.1 Å². The van der Waals surface area contributed by atoms with Gasteiger partial charge in [-0.25, -0.2) is 9.97 Å². The zero-order valence-electron chi connectivity index (χ0n) is 15.3. The molecule has 0 unspecified atom stereocenters. The van der Waals surface area contributed by atoms with Gasteiger partial charge in [0.15, 0.2) is 0 Å². The topological polar surface area (TPSA) is 64.1 Å². The zero-order valence-corrected chi connectivity index (χ0v) is 17.0. The fraction of sp³-hybridized carbons (Fsp3) is 0.350. The Balaban J connectivity index is 1.54. The SMILES string of the molecule is CCOc1ccccc1NC(=O)[C@@H](C)Sc1ncnc2sc3c(c12)CCC3. The highest BCUT2D eigenvalue weighted by molar-refractivity contribution is 8.00. The van der Waals surface area contributed by atoms with Crippen molar-refractivity contribution in [1.29, 1.82) is 0 Å². The molecule has 2 aromatic heterocycles. The first kappa shape index (κ1) is 18.3. The Morgan fingerprint density at radius 2 is 2.19 bits per heavy atom. The maximum atomic E-state index is 12.8. The average molecular weight is 400 g/mol. The van der Waals surface area contributed by atoms with E-state index >= 15 is 0 Å². The number of carbonyl (C=O) groups excluding carboxylic acids is 1. The van der Waals surface area contributed by atoms with Gasteiger partial charge in [-0.2, -0.15) is 0 Å². The number of benzene rings is 1. The number of aryl methyl sites for hydroxylation is 2. The lowest BCUT2D eigenvalue weighted by Gasteiger charge is -2.15. The first-order valence-electron chi connectivity index (χ1n) is 9.12. The van der Waals surface area contributed by atoms with E-state index in [9.17, 15) is 4.79 Å². The van der Waals surface area contributed by atoms with Gasteiger partial charge in [-0.1, -0.05) is 23.9 Å². The molecule has 0 fully saturated rings. The Morgan fingerprint density at radius 3 is 3.04 bits per heavy atom. The fourth-order valence-corrected chi connectivity index (χ4v) is 5.54. The van der Waals surface area contributed by atoms with E-state index in [1.165, 1.54) is 28.6 Å². The molecule has 2 heterocycles. The van der Waals surface area contributed by atoms with Gasteiger partial charge in [-0.15, -0.1) is 11.3 Å². The van der Waals surface area contributed by atoms with Crippen molar-refractivity contribution < 1.29 is 9.53 Å². The number of thioether (sulfide) groups is 1. The number of amides is 1. The third-order valence-electron chi connectivity index (χ3n) is 4.57. The summed E-state index contributed by atoms with van der Waals surface area (Å²) in [6.45, 7) is 4.39. The standard InChI is InChI=1S/C20H21N3O2S2/c1-3-25-15-9-5-4-8-14(15)23-18(24)12(2)26-19-17-13-7-6-10-16(13)27-20(17)22-11-21-19/h4-5,8-9,11-12H,3,6-7,10H2,1-2H3,(H,23,24)/t12-/m1/s1. The third-order valence-corrected chi connectivity index (χ3v) is 6.87. The molecule has 140 valence electrons. The van der Waals surface area contributed by atoms with Gasteiger partial charge in [0.2, 0.25) is 5.91 Å². The number of hydrogen-bond acceptors (Lipinski definition) is 6. The molecule has 1 amide bonds. The molecule has 0 bridgehead atoms. The second-order valence-electron chi connectivity index (χ2n) is 6.39. The van der Waals surface area contributed by atoms with Crippen molar-refractivity contribution in [2.75, 3.05) is 11.9 Å². The van der Waals surface area contributed by atoms with E-state index in [0.29, 0.717) is 18.0 Å². The van der Waals surface area contributed by atoms with Crippen LogP contribution in [0.1, 0.15) is 30.7 Å². The highest BCUT2D eigenvalue weighted by atomic mass is 32.2. The van der Waals surface area contributed by atoms with E-state index in [2.05, 4.69) is 15.3 Å². The molecular formula is C20H21N3O2S2. The Bertz CT molecular complexity index is 987. The Labute approximate surface area is 166 Å². The van der Waals surface area contributed by atoms with Crippen LogP contribution in [-0.2, 0) is 17.6 Å². The minimum absolute atomic E-state index is 0.0641. The molecule has 1 aliphatic rings. The molecule has 0 aliphatic heterocycles. The number of thiophene rings is 1. The monoisotopic (exact) mass is 399 g/mol. The molecule has 4 rings (SSSR count). The smallest absolute Gasteiger partial charge is 0.237 e. The molecule has 27 heavy (non-hydrogen) atoms. The minimum atomic E-state index is -0.283. The quantitative estimate of drug-likeness (QED) is 0.481. The highest BCUT2D eigenvalue weighted by Crippen LogP contribution is 2.41. The molecule has 0 spiro atoms. The molecule has 1 aromatic carbocycles. The van der Waals surface area contributed by atoms with Crippen LogP contribution in [0.4, 0.5) is 5.69 Å². The first-order chi connectivity index (χ1) is 13.2. The van der Waals surface area contributed by atoms with E-state index in [0.717, 1.165) is 28.1 Å². The van der Waals surface area contributed by atoms with Gasteiger partial charge in [0.05, 0.1) is 17.5 Å². The number of hydrogen-bond donors (Lipinski definition) is 1. The van der Waals surface area contributed by atoms with Gasteiger partial charge >= 0.3 is 0 Å². The van der Waals surface area contributed by atoms with Crippen LogP contribution < -0.4 is 10.1 Å². The van der Waals surface area contributed by atoms with Crippen LogP contribution in [0, 0.1) is 0 Å². The zero-order chi connectivity index (χ0) is 18.8. The molecule has 0 radical (unpaired) electrons. The number of nitrogens with one attached hydrogen (secondary N) is 1. The number of ether oxygens (including phenoxy) is 1. The molecule has 0 saturated heterocycles. The number of aromatic nitrogens is 2. The van der Waals surface area contributed by atoms with E-state index in [4.69, 9.17) is 4.74 Å². The number of rotatable bonds is 6. The van der Waals surface area contributed by atoms with E-state index in [1.807, 2.05) is 38.1 Å². The van der Waals surface area contributed by atoms with Crippen LogP contribution >= 0.6 is 23.1 Å². The van der Waals surface area contributed by atoms with Crippen molar-refractivity contribution in [3.05, 3.63) is 41.0 Å². The van der Waals surface area contributed by atoms with Crippen LogP contribution in [-0.4, -0.2) is 27.7 Å². The van der Waals surface area contributed by atoms with Crippen LogP contribution in [0.15, 0.2) is 35.6 Å².